The summed E-state index contributed by atoms with van der Waals surface area (Å²) >= 11 is 13.0. The van der Waals surface area contributed by atoms with E-state index in [2.05, 4.69) is 18.3 Å². The number of rotatable bonds is 5. The molecular formula is C10H13Cl2NS. The van der Waals surface area contributed by atoms with Gasteiger partial charge in [-0.15, -0.1) is 22.9 Å². The van der Waals surface area contributed by atoms with Crippen LogP contribution in [0, 0.1) is 0 Å². The second-order valence-corrected chi connectivity index (χ2v) is 4.95. The highest BCUT2D eigenvalue weighted by Crippen LogP contribution is 2.26. The fraction of sp³-hybridized carbons (Fsp3) is 0.400. The number of halogens is 2. The third kappa shape index (κ3) is 4.01. The summed E-state index contributed by atoms with van der Waals surface area (Å²) in [5, 5.41) is 3.35. The van der Waals surface area contributed by atoms with Gasteiger partial charge in [-0.3, -0.25) is 0 Å². The average molecular weight is 250 g/mol. The van der Waals surface area contributed by atoms with Gasteiger partial charge in [0.25, 0.3) is 0 Å². The SMILES string of the molecule is CC(NC/C=C/CCl)c1ccc(Cl)s1. The molecule has 0 amide bonds. The molecule has 1 heterocycles. The second-order valence-electron chi connectivity index (χ2n) is 2.90. The van der Waals surface area contributed by atoms with Crippen LogP contribution < -0.4 is 5.32 Å². The lowest BCUT2D eigenvalue weighted by Crippen LogP contribution is -2.17. The highest BCUT2D eigenvalue weighted by Gasteiger charge is 2.05. The lowest BCUT2D eigenvalue weighted by Gasteiger charge is -2.09. The Bertz CT molecular complexity index is 296. The van der Waals surface area contributed by atoms with Crippen LogP contribution in [-0.4, -0.2) is 12.4 Å². The summed E-state index contributed by atoms with van der Waals surface area (Å²) in [5.74, 6) is 0.570. The van der Waals surface area contributed by atoms with E-state index in [4.69, 9.17) is 23.2 Å². The molecule has 0 saturated heterocycles. The van der Waals surface area contributed by atoms with Crippen molar-refractivity contribution in [2.75, 3.05) is 12.4 Å². The van der Waals surface area contributed by atoms with Crippen LogP contribution in [-0.2, 0) is 0 Å². The maximum atomic E-state index is 5.85. The van der Waals surface area contributed by atoms with Crippen LogP contribution in [0.2, 0.25) is 4.34 Å². The summed E-state index contributed by atoms with van der Waals surface area (Å²) in [4.78, 5) is 1.26. The van der Waals surface area contributed by atoms with Crippen molar-refractivity contribution in [3.05, 3.63) is 33.5 Å². The fourth-order valence-electron chi connectivity index (χ4n) is 1.05. The van der Waals surface area contributed by atoms with Crippen LogP contribution in [0.1, 0.15) is 17.8 Å². The van der Waals surface area contributed by atoms with E-state index in [9.17, 15) is 0 Å². The normalized spacial score (nSPS) is 13.6. The predicted molar refractivity (Wildman–Crippen MR) is 65.6 cm³/mol. The van der Waals surface area contributed by atoms with E-state index in [0.29, 0.717) is 11.9 Å². The van der Waals surface area contributed by atoms with Gasteiger partial charge in [-0.2, -0.15) is 0 Å². The Morgan fingerprint density at radius 3 is 2.86 bits per heavy atom. The zero-order chi connectivity index (χ0) is 10.4. The van der Waals surface area contributed by atoms with Gasteiger partial charge in [0.2, 0.25) is 0 Å². The van der Waals surface area contributed by atoms with Gasteiger partial charge in [0.1, 0.15) is 0 Å². The van der Waals surface area contributed by atoms with Gasteiger partial charge in [-0.05, 0) is 19.1 Å². The smallest absolute Gasteiger partial charge is 0.0931 e. The van der Waals surface area contributed by atoms with Crippen molar-refractivity contribution in [2.24, 2.45) is 0 Å². The van der Waals surface area contributed by atoms with Crippen molar-refractivity contribution in [3.63, 3.8) is 0 Å². The molecule has 0 spiro atoms. The minimum absolute atomic E-state index is 0.340. The molecule has 14 heavy (non-hydrogen) atoms. The Morgan fingerprint density at radius 1 is 1.50 bits per heavy atom. The zero-order valence-corrected chi connectivity index (χ0v) is 10.3. The maximum Gasteiger partial charge on any atom is 0.0931 e. The first-order chi connectivity index (χ1) is 6.74. The molecule has 1 aromatic rings. The van der Waals surface area contributed by atoms with Crippen LogP contribution >= 0.6 is 34.5 Å². The van der Waals surface area contributed by atoms with Gasteiger partial charge in [0, 0.05) is 23.3 Å². The first-order valence-corrected chi connectivity index (χ1v) is 6.16. The fourth-order valence-corrected chi connectivity index (χ4v) is 2.27. The van der Waals surface area contributed by atoms with Crippen LogP contribution in [0.3, 0.4) is 0 Å². The van der Waals surface area contributed by atoms with Gasteiger partial charge < -0.3 is 5.32 Å². The molecule has 0 aliphatic heterocycles. The third-order valence-electron chi connectivity index (χ3n) is 1.82. The molecule has 1 nitrogen and oxygen atoms in total. The van der Waals surface area contributed by atoms with Gasteiger partial charge in [0.15, 0.2) is 0 Å². The molecule has 0 bridgehead atoms. The van der Waals surface area contributed by atoms with E-state index in [1.807, 2.05) is 18.2 Å². The van der Waals surface area contributed by atoms with E-state index >= 15 is 0 Å². The number of thiophene rings is 1. The molecule has 1 rings (SSSR count). The number of hydrogen-bond donors (Lipinski definition) is 1. The van der Waals surface area contributed by atoms with E-state index in [0.717, 1.165) is 10.9 Å². The van der Waals surface area contributed by atoms with Gasteiger partial charge >= 0.3 is 0 Å². The van der Waals surface area contributed by atoms with Crippen molar-refractivity contribution in [3.8, 4) is 0 Å². The molecule has 0 aliphatic carbocycles. The Hall–Kier alpha value is -0.0200. The lowest BCUT2D eigenvalue weighted by molar-refractivity contribution is 0.627. The number of alkyl halides is 1. The monoisotopic (exact) mass is 249 g/mol. The quantitative estimate of drug-likeness (QED) is 0.618. The number of nitrogens with one attached hydrogen (secondary N) is 1. The number of hydrogen-bond acceptors (Lipinski definition) is 2. The van der Waals surface area contributed by atoms with Crippen molar-refractivity contribution in [1.29, 1.82) is 0 Å². The Balaban J connectivity index is 2.35. The van der Waals surface area contributed by atoms with Crippen LogP contribution in [0.5, 0.6) is 0 Å². The molecule has 1 unspecified atom stereocenters. The van der Waals surface area contributed by atoms with E-state index < -0.39 is 0 Å². The average Bonchev–Trinajstić information content (AvgIpc) is 2.59. The van der Waals surface area contributed by atoms with Crippen LogP contribution in [0.25, 0.3) is 0 Å². The summed E-state index contributed by atoms with van der Waals surface area (Å²) in [6.07, 6.45) is 3.96. The number of allylic oxidation sites excluding steroid dienone is 1. The van der Waals surface area contributed by atoms with Crippen LogP contribution in [0.15, 0.2) is 24.3 Å². The minimum Gasteiger partial charge on any atom is -0.306 e. The van der Waals surface area contributed by atoms with E-state index in [1.165, 1.54) is 4.88 Å². The molecule has 0 aromatic carbocycles. The van der Waals surface area contributed by atoms with Crippen molar-refractivity contribution >= 4 is 34.5 Å². The largest absolute Gasteiger partial charge is 0.306 e. The lowest BCUT2D eigenvalue weighted by atomic mass is 10.3. The van der Waals surface area contributed by atoms with Crippen molar-refractivity contribution in [1.82, 2.24) is 5.32 Å². The molecule has 1 aromatic heterocycles. The molecule has 0 radical (unpaired) electrons. The van der Waals surface area contributed by atoms with E-state index in [-0.39, 0.29) is 0 Å². The van der Waals surface area contributed by atoms with Crippen LogP contribution in [0.4, 0.5) is 0 Å². The maximum absolute atomic E-state index is 5.85. The highest BCUT2D eigenvalue weighted by atomic mass is 35.5. The van der Waals surface area contributed by atoms with Gasteiger partial charge in [-0.1, -0.05) is 23.8 Å². The summed E-state index contributed by atoms with van der Waals surface area (Å²) in [7, 11) is 0. The summed E-state index contributed by atoms with van der Waals surface area (Å²) in [5.41, 5.74) is 0. The van der Waals surface area contributed by atoms with Gasteiger partial charge in [-0.25, -0.2) is 0 Å². The second kappa shape index (κ2) is 6.46. The van der Waals surface area contributed by atoms with Crippen molar-refractivity contribution in [2.45, 2.75) is 13.0 Å². The predicted octanol–water partition coefficient (Wildman–Crippen LogP) is 3.85. The Morgan fingerprint density at radius 2 is 2.29 bits per heavy atom. The zero-order valence-electron chi connectivity index (χ0n) is 7.97. The van der Waals surface area contributed by atoms with Gasteiger partial charge in [0.05, 0.1) is 4.34 Å². The molecular weight excluding hydrogens is 237 g/mol. The molecule has 78 valence electrons. The highest BCUT2D eigenvalue weighted by molar-refractivity contribution is 7.16. The minimum atomic E-state index is 0.340. The molecule has 0 aliphatic rings. The summed E-state index contributed by atoms with van der Waals surface area (Å²) in [6.45, 7) is 2.96. The first kappa shape index (κ1) is 12.1. The Labute approximate surface area is 98.7 Å². The summed E-state index contributed by atoms with van der Waals surface area (Å²) < 4.78 is 0.838. The third-order valence-corrected chi connectivity index (χ3v) is 3.41. The molecule has 4 heteroatoms. The molecule has 0 fully saturated rings. The molecule has 0 saturated carbocycles. The van der Waals surface area contributed by atoms with Crippen molar-refractivity contribution < 1.29 is 0 Å². The topological polar surface area (TPSA) is 12.0 Å². The summed E-state index contributed by atoms with van der Waals surface area (Å²) in [6, 6.07) is 4.32. The Kier molecular flexibility index (Phi) is 5.56. The standard InChI is InChI=1S/C10H13Cl2NS/c1-8(13-7-3-2-6-11)9-4-5-10(12)14-9/h2-5,8,13H,6-7H2,1H3/b3-2+. The van der Waals surface area contributed by atoms with E-state index in [1.54, 1.807) is 11.3 Å². The molecule has 1 N–H and O–H groups in total. The first-order valence-electron chi connectivity index (χ1n) is 4.43. The molecule has 1 atom stereocenters.